The van der Waals surface area contributed by atoms with Gasteiger partial charge < -0.3 is 14.4 Å². The molecule has 39 heavy (non-hydrogen) atoms. The second kappa shape index (κ2) is 10.3. The Kier molecular flexibility index (Phi) is 6.69. The van der Waals surface area contributed by atoms with Gasteiger partial charge in [-0.3, -0.25) is 14.5 Å². The van der Waals surface area contributed by atoms with E-state index in [0.29, 0.717) is 51.1 Å². The standard InChI is InChI=1S/C32H34N4O3/c1-22(2)24-6-4-23(5-7-24)18-39-27-10-8-25(9-11-27)28-29(26-12-14-33-15-13-26)34-36-17-16-35(31(37)30(28)36)19-32(3)20-38-21-32/h4-15,22H,16-21H2,1-3H3. The fourth-order valence-corrected chi connectivity index (χ4v) is 5.33. The Morgan fingerprint density at radius 3 is 2.31 bits per heavy atom. The van der Waals surface area contributed by atoms with E-state index in [0.717, 1.165) is 33.7 Å². The number of carbonyl (C=O) groups excluding carboxylic acids is 1. The second-order valence-corrected chi connectivity index (χ2v) is 11.3. The number of aromatic nitrogens is 3. The average Bonchev–Trinajstić information content (AvgIpc) is 3.34. The molecule has 0 spiro atoms. The van der Waals surface area contributed by atoms with Crippen LogP contribution in [0.25, 0.3) is 22.4 Å². The van der Waals surface area contributed by atoms with Crippen LogP contribution in [0.2, 0.25) is 0 Å². The third-order valence-corrected chi connectivity index (χ3v) is 7.65. The van der Waals surface area contributed by atoms with Gasteiger partial charge in [0.15, 0.2) is 0 Å². The first-order chi connectivity index (χ1) is 18.9. The topological polar surface area (TPSA) is 69.5 Å². The fraction of sp³-hybridized carbons (Fsp3) is 0.344. The smallest absolute Gasteiger partial charge is 0.272 e. The molecule has 6 rings (SSSR count). The lowest BCUT2D eigenvalue weighted by Gasteiger charge is -2.42. The Hall–Kier alpha value is -3.97. The Bertz CT molecular complexity index is 1460. The lowest BCUT2D eigenvalue weighted by Crippen LogP contribution is -2.52. The zero-order chi connectivity index (χ0) is 27.0. The molecule has 0 N–H and O–H groups in total. The van der Waals surface area contributed by atoms with Crippen molar-refractivity contribution in [2.45, 2.75) is 39.8 Å². The summed E-state index contributed by atoms with van der Waals surface area (Å²) in [5, 5.41) is 4.92. The molecular formula is C32H34N4O3. The van der Waals surface area contributed by atoms with Crippen LogP contribution in [-0.4, -0.2) is 51.9 Å². The van der Waals surface area contributed by atoms with Crippen molar-refractivity contribution in [1.29, 1.82) is 0 Å². The fourth-order valence-electron chi connectivity index (χ4n) is 5.33. The molecule has 200 valence electrons. The molecule has 0 aliphatic carbocycles. The van der Waals surface area contributed by atoms with Crippen LogP contribution in [0.1, 0.15) is 48.3 Å². The number of rotatable bonds is 8. The van der Waals surface area contributed by atoms with Gasteiger partial charge in [0.25, 0.3) is 5.91 Å². The average molecular weight is 523 g/mol. The van der Waals surface area contributed by atoms with Crippen molar-refractivity contribution in [2.24, 2.45) is 5.41 Å². The van der Waals surface area contributed by atoms with E-state index >= 15 is 0 Å². The number of fused-ring (bicyclic) bond motifs is 1. The molecular weight excluding hydrogens is 488 g/mol. The van der Waals surface area contributed by atoms with Crippen LogP contribution >= 0.6 is 0 Å². The van der Waals surface area contributed by atoms with Crippen molar-refractivity contribution >= 4 is 5.91 Å². The molecule has 0 radical (unpaired) electrons. The first-order valence-corrected chi connectivity index (χ1v) is 13.6. The third-order valence-electron chi connectivity index (χ3n) is 7.65. The van der Waals surface area contributed by atoms with E-state index in [2.05, 4.69) is 50.0 Å². The van der Waals surface area contributed by atoms with E-state index < -0.39 is 0 Å². The summed E-state index contributed by atoms with van der Waals surface area (Å²) >= 11 is 0. The molecule has 0 atom stereocenters. The number of pyridine rings is 1. The van der Waals surface area contributed by atoms with Gasteiger partial charge in [-0.25, -0.2) is 0 Å². The molecule has 7 nitrogen and oxygen atoms in total. The summed E-state index contributed by atoms with van der Waals surface area (Å²) in [6.07, 6.45) is 3.52. The van der Waals surface area contributed by atoms with E-state index in [-0.39, 0.29) is 11.3 Å². The Labute approximate surface area is 229 Å². The predicted molar refractivity (Wildman–Crippen MR) is 151 cm³/mol. The summed E-state index contributed by atoms with van der Waals surface area (Å²) in [4.78, 5) is 20.0. The minimum absolute atomic E-state index is 0.0139. The normalized spacial score (nSPS) is 16.2. The Balaban J connectivity index is 1.29. The van der Waals surface area contributed by atoms with E-state index in [1.54, 1.807) is 12.4 Å². The largest absolute Gasteiger partial charge is 0.489 e. The molecule has 0 bridgehead atoms. The summed E-state index contributed by atoms with van der Waals surface area (Å²) in [6, 6.07) is 20.4. The maximum atomic E-state index is 13.9. The number of amides is 1. The van der Waals surface area contributed by atoms with Crippen LogP contribution in [0.3, 0.4) is 0 Å². The zero-order valence-corrected chi connectivity index (χ0v) is 22.8. The van der Waals surface area contributed by atoms with Gasteiger partial charge in [-0.15, -0.1) is 0 Å². The first kappa shape index (κ1) is 25.3. The van der Waals surface area contributed by atoms with Crippen molar-refractivity contribution in [3.63, 3.8) is 0 Å². The molecule has 4 aromatic rings. The molecule has 0 unspecified atom stereocenters. The molecule has 4 heterocycles. The summed E-state index contributed by atoms with van der Waals surface area (Å²) in [7, 11) is 0. The summed E-state index contributed by atoms with van der Waals surface area (Å²) in [5.41, 5.74) is 6.61. The van der Waals surface area contributed by atoms with Gasteiger partial charge in [0.1, 0.15) is 23.7 Å². The summed E-state index contributed by atoms with van der Waals surface area (Å²) in [6.45, 7) is 10.4. The lowest BCUT2D eigenvalue weighted by molar-refractivity contribution is -0.111. The molecule has 1 amide bonds. The number of nitrogens with zero attached hydrogens (tertiary/aromatic N) is 4. The molecule has 2 aliphatic rings. The number of carbonyl (C=O) groups is 1. The van der Waals surface area contributed by atoms with E-state index in [4.69, 9.17) is 14.6 Å². The maximum absolute atomic E-state index is 13.9. The van der Waals surface area contributed by atoms with E-state index in [1.807, 2.05) is 46.0 Å². The van der Waals surface area contributed by atoms with Gasteiger partial charge in [0.2, 0.25) is 0 Å². The van der Waals surface area contributed by atoms with Crippen LogP contribution < -0.4 is 4.74 Å². The maximum Gasteiger partial charge on any atom is 0.272 e. The Morgan fingerprint density at radius 2 is 1.67 bits per heavy atom. The van der Waals surface area contributed by atoms with Crippen LogP contribution in [0.5, 0.6) is 5.75 Å². The highest BCUT2D eigenvalue weighted by Gasteiger charge is 2.40. The quantitative estimate of drug-likeness (QED) is 0.292. The monoisotopic (exact) mass is 522 g/mol. The summed E-state index contributed by atoms with van der Waals surface area (Å²) in [5.74, 6) is 1.31. The molecule has 0 saturated carbocycles. The molecule has 1 saturated heterocycles. The predicted octanol–water partition coefficient (Wildman–Crippen LogP) is 5.81. The van der Waals surface area contributed by atoms with Crippen molar-refractivity contribution in [3.8, 4) is 28.1 Å². The molecule has 7 heteroatoms. The second-order valence-electron chi connectivity index (χ2n) is 11.3. The Morgan fingerprint density at radius 1 is 0.949 bits per heavy atom. The van der Waals surface area contributed by atoms with Gasteiger partial charge in [-0.1, -0.05) is 57.2 Å². The van der Waals surface area contributed by atoms with Gasteiger partial charge in [-0.05, 0) is 46.9 Å². The molecule has 1 fully saturated rings. The van der Waals surface area contributed by atoms with Crippen molar-refractivity contribution < 1.29 is 14.3 Å². The molecule has 2 aromatic heterocycles. The van der Waals surface area contributed by atoms with E-state index in [1.165, 1.54) is 5.56 Å². The van der Waals surface area contributed by atoms with Crippen LogP contribution in [0.4, 0.5) is 0 Å². The lowest BCUT2D eigenvalue weighted by atomic mass is 9.87. The first-order valence-electron chi connectivity index (χ1n) is 13.6. The van der Waals surface area contributed by atoms with Crippen molar-refractivity contribution in [1.82, 2.24) is 19.7 Å². The summed E-state index contributed by atoms with van der Waals surface area (Å²) < 4.78 is 13.4. The van der Waals surface area contributed by atoms with Gasteiger partial charge in [-0.2, -0.15) is 5.10 Å². The van der Waals surface area contributed by atoms with Crippen LogP contribution in [0, 0.1) is 5.41 Å². The highest BCUT2D eigenvalue weighted by atomic mass is 16.5. The van der Waals surface area contributed by atoms with Crippen molar-refractivity contribution in [3.05, 3.63) is 89.9 Å². The van der Waals surface area contributed by atoms with Gasteiger partial charge in [0.05, 0.1) is 19.8 Å². The molecule has 2 aromatic carbocycles. The minimum atomic E-state index is 0.0139. The minimum Gasteiger partial charge on any atom is -0.489 e. The zero-order valence-electron chi connectivity index (χ0n) is 22.8. The van der Waals surface area contributed by atoms with E-state index in [9.17, 15) is 4.79 Å². The van der Waals surface area contributed by atoms with Gasteiger partial charge in [0, 0.05) is 42.0 Å². The number of ether oxygens (including phenoxy) is 2. The van der Waals surface area contributed by atoms with Crippen LogP contribution in [-0.2, 0) is 17.9 Å². The SMILES string of the molecule is CC(C)c1ccc(COc2ccc(-c3c(-c4ccncc4)nn4c3C(=O)N(CC3(C)COC3)CC4)cc2)cc1. The number of benzene rings is 2. The van der Waals surface area contributed by atoms with Crippen molar-refractivity contribution in [2.75, 3.05) is 26.3 Å². The van der Waals surface area contributed by atoms with Crippen LogP contribution in [0.15, 0.2) is 73.1 Å². The highest BCUT2D eigenvalue weighted by Crippen LogP contribution is 2.38. The van der Waals surface area contributed by atoms with Gasteiger partial charge >= 0.3 is 0 Å². The number of hydrogen-bond acceptors (Lipinski definition) is 5. The third kappa shape index (κ3) is 5.06. The molecule has 2 aliphatic heterocycles. The highest BCUT2D eigenvalue weighted by molar-refractivity contribution is 6.03. The number of hydrogen-bond donors (Lipinski definition) is 0.